The highest BCUT2D eigenvalue weighted by Gasteiger charge is 2.31. The molecule has 1 rings (SSSR count). The van der Waals surface area contributed by atoms with Gasteiger partial charge in [0.05, 0.1) is 5.56 Å². The van der Waals surface area contributed by atoms with E-state index < -0.39 is 17.6 Å². The summed E-state index contributed by atoms with van der Waals surface area (Å²) in [7, 11) is 0. The third kappa shape index (κ3) is 2.88. The van der Waals surface area contributed by atoms with E-state index in [1.807, 2.05) is 0 Å². The molecular weight excluding hydrogens is 221 g/mol. The lowest BCUT2D eigenvalue weighted by Crippen LogP contribution is -2.23. The topological polar surface area (TPSA) is 55.1 Å². The Balaban J connectivity index is 3.13. The monoisotopic (exact) mass is 232 g/mol. The van der Waals surface area contributed by atoms with E-state index in [4.69, 9.17) is 5.73 Å². The van der Waals surface area contributed by atoms with Gasteiger partial charge in [0.15, 0.2) is 0 Å². The Bertz CT molecular complexity index is 402. The third-order valence-corrected chi connectivity index (χ3v) is 1.88. The molecule has 6 heteroatoms. The number of nitrogens with one attached hydrogen (secondary N) is 1. The second kappa shape index (κ2) is 4.42. The Labute approximate surface area is 90.4 Å². The van der Waals surface area contributed by atoms with Gasteiger partial charge in [-0.3, -0.25) is 4.79 Å². The number of carbonyl (C=O) groups is 1. The second-order valence-corrected chi connectivity index (χ2v) is 3.20. The Kier molecular flexibility index (Phi) is 3.41. The molecular formula is C10H11F3N2O. The predicted octanol–water partition coefficient (Wildman–Crippen LogP) is 2.04. The molecule has 0 fully saturated rings. The maximum absolute atomic E-state index is 12.4. The summed E-state index contributed by atoms with van der Waals surface area (Å²) in [6.45, 7) is 2.02. The standard InChI is InChI=1S/C10H11F3N2O/c1-2-15-9(16)6-3-7(10(11,12)13)5-8(14)4-6/h3-5H,2,14H2,1H3,(H,15,16). The van der Waals surface area contributed by atoms with Gasteiger partial charge in [0.1, 0.15) is 0 Å². The fraction of sp³-hybridized carbons (Fsp3) is 0.300. The summed E-state index contributed by atoms with van der Waals surface area (Å²) in [5, 5.41) is 2.41. The maximum Gasteiger partial charge on any atom is 0.416 e. The van der Waals surface area contributed by atoms with Gasteiger partial charge in [-0.1, -0.05) is 0 Å². The van der Waals surface area contributed by atoms with Crippen LogP contribution in [0.2, 0.25) is 0 Å². The number of nitrogens with two attached hydrogens (primary N) is 1. The second-order valence-electron chi connectivity index (χ2n) is 3.20. The molecule has 0 aliphatic carbocycles. The van der Waals surface area contributed by atoms with Crippen molar-refractivity contribution in [2.24, 2.45) is 0 Å². The van der Waals surface area contributed by atoms with E-state index in [1.165, 1.54) is 6.07 Å². The quantitative estimate of drug-likeness (QED) is 0.766. The van der Waals surface area contributed by atoms with Crippen LogP contribution in [0.1, 0.15) is 22.8 Å². The summed E-state index contributed by atoms with van der Waals surface area (Å²) in [6, 6.07) is 2.78. The normalized spacial score (nSPS) is 11.2. The van der Waals surface area contributed by atoms with Crippen LogP contribution in [-0.4, -0.2) is 12.5 Å². The van der Waals surface area contributed by atoms with E-state index >= 15 is 0 Å². The summed E-state index contributed by atoms with van der Waals surface area (Å²) in [6.07, 6.45) is -4.50. The van der Waals surface area contributed by atoms with Gasteiger partial charge >= 0.3 is 6.18 Å². The number of carbonyl (C=O) groups excluding carboxylic acids is 1. The highest BCUT2D eigenvalue weighted by molar-refractivity contribution is 5.95. The van der Waals surface area contributed by atoms with Gasteiger partial charge in [0.2, 0.25) is 0 Å². The summed E-state index contributed by atoms with van der Waals surface area (Å²) >= 11 is 0. The Morgan fingerprint density at radius 2 is 2.00 bits per heavy atom. The number of benzene rings is 1. The zero-order chi connectivity index (χ0) is 12.3. The molecule has 0 radical (unpaired) electrons. The Hall–Kier alpha value is -1.72. The minimum atomic E-state index is -4.50. The van der Waals surface area contributed by atoms with Gasteiger partial charge in [-0.05, 0) is 25.1 Å². The van der Waals surface area contributed by atoms with Crippen molar-refractivity contribution in [1.82, 2.24) is 5.32 Å². The summed E-state index contributed by atoms with van der Waals surface area (Å²) < 4.78 is 37.2. The van der Waals surface area contributed by atoms with Crippen molar-refractivity contribution >= 4 is 11.6 Å². The van der Waals surface area contributed by atoms with Crippen LogP contribution in [0.15, 0.2) is 18.2 Å². The summed E-state index contributed by atoms with van der Waals surface area (Å²) in [5.41, 5.74) is 4.21. The van der Waals surface area contributed by atoms with E-state index in [2.05, 4.69) is 5.32 Å². The van der Waals surface area contributed by atoms with Crippen molar-refractivity contribution in [2.75, 3.05) is 12.3 Å². The number of amides is 1. The van der Waals surface area contributed by atoms with Crippen molar-refractivity contribution in [3.8, 4) is 0 Å². The molecule has 3 N–H and O–H groups in total. The third-order valence-electron chi connectivity index (χ3n) is 1.88. The molecule has 16 heavy (non-hydrogen) atoms. The lowest BCUT2D eigenvalue weighted by Gasteiger charge is -2.10. The SMILES string of the molecule is CCNC(=O)c1cc(N)cc(C(F)(F)F)c1. The molecule has 1 amide bonds. The van der Waals surface area contributed by atoms with Crippen LogP contribution >= 0.6 is 0 Å². The van der Waals surface area contributed by atoms with E-state index in [9.17, 15) is 18.0 Å². The van der Waals surface area contributed by atoms with Gasteiger partial charge in [-0.15, -0.1) is 0 Å². The first-order valence-electron chi connectivity index (χ1n) is 4.60. The van der Waals surface area contributed by atoms with E-state index in [1.54, 1.807) is 6.92 Å². The first kappa shape index (κ1) is 12.4. The van der Waals surface area contributed by atoms with Crippen LogP contribution in [-0.2, 0) is 6.18 Å². The first-order chi connectivity index (χ1) is 7.34. The number of nitrogen functional groups attached to an aromatic ring is 1. The van der Waals surface area contributed by atoms with Crippen LogP contribution in [0.5, 0.6) is 0 Å². The molecule has 1 aromatic rings. The average molecular weight is 232 g/mol. The number of anilines is 1. The Morgan fingerprint density at radius 3 is 2.50 bits per heavy atom. The smallest absolute Gasteiger partial charge is 0.399 e. The maximum atomic E-state index is 12.4. The van der Waals surface area contributed by atoms with Gasteiger partial charge in [0.25, 0.3) is 5.91 Å². The average Bonchev–Trinajstić information content (AvgIpc) is 2.16. The van der Waals surface area contributed by atoms with Crippen LogP contribution < -0.4 is 11.1 Å². The van der Waals surface area contributed by atoms with Crippen LogP contribution in [0.25, 0.3) is 0 Å². The van der Waals surface area contributed by atoms with Gasteiger partial charge in [-0.25, -0.2) is 0 Å². The molecule has 0 saturated heterocycles. The lowest BCUT2D eigenvalue weighted by atomic mass is 10.1. The molecule has 0 aromatic heterocycles. The van der Waals surface area contributed by atoms with Crippen LogP contribution in [0.3, 0.4) is 0 Å². The molecule has 1 aromatic carbocycles. The van der Waals surface area contributed by atoms with Crippen molar-refractivity contribution in [2.45, 2.75) is 13.1 Å². The first-order valence-corrected chi connectivity index (χ1v) is 4.60. The summed E-state index contributed by atoms with van der Waals surface area (Å²) in [5.74, 6) is -0.569. The molecule has 0 heterocycles. The molecule has 0 spiro atoms. The van der Waals surface area contributed by atoms with Crippen molar-refractivity contribution < 1.29 is 18.0 Å². The molecule has 0 saturated carbocycles. The minimum absolute atomic E-state index is 0.0870. The molecule has 3 nitrogen and oxygen atoms in total. The highest BCUT2D eigenvalue weighted by Crippen LogP contribution is 2.31. The van der Waals surface area contributed by atoms with E-state index in [0.29, 0.717) is 6.54 Å². The zero-order valence-corrected chi connectivity index (χ0v) is 8.56. The summed E-state index contributed by atoms with van der Waals surface area (Å²) in [4.78, 5) is 11.3. The molecule has 0 aliphatic heterocycles. The number of hydrogen-bond acceptors (Lipinski definition) is 2. The van der Waals surface area contributed by atoms with Crippen molar-refractivity contribution in [3.05, 3.63) is 29.3 Å². The number of alkyl halides is 3. The largest absolute Gasteiger partial charge is 0.416 e. The molecule has 88 valence electrons. The zero-order valence-electron chi connectivity index (χ0n) is 8.56. The molecule has 0 aliphatic rings. The van der Waals surface area contributed by atoms with Crippen molar-refractivity contribution in [3.63, 3.8) is 0 Å². The van der Waals surface area contributed by atoms with Gasteiger partial charge < -0.3 is 11.1 Å². The molecule has 0 unspecified atom stereocenters. The number of hydrogen-bond donors (Lipinski definition) is 2. The van der Waals surface area contributed by atoms with E-state index in [-0.39, 0.29) is 11.3 Å². The predicted molar refractivity (Wildman–Crippen MR) is 53.9 cm³/mol. The van der Waals surface area contributed by atoms with Crippen molar-refractivity contribution in [1.29, 1.82) is 0 Å². The number of rotatable bonds is 2. The van der Waals surface area contributed by atoms with Gasteiger partial charge in [-0.2, -0.15) is 13.2 Å². The highest BCUT2D eigenvalue weighted by atomic mass is 19.4. The Morgan fingerprint density at radius 1 is 1.38 bits per heavy atom. The molecule has 0 bridgehead atoms. The van der Waals surface area contributed by atoms with E-state index in [0.717, 1.165) is 12.1 Å². The van der Waals surface area contributed by atoms with Crippen LogP contribution in [0, 0.1) is 0 Å². The fourth-order valence-electron chi connectivity index (χ4n) is 1.21. The lowest BCUT2D eigenvalue weighted by molar-refractivity contribution is -0.137. The minimum Gasteiger partial charge on any atom is -0.399 e. The molecule has 0 atom stereocenters. The fourth-order valence-corrected chi connectivity index (χ4v) is 1.21. The number of halogens is 3. The van der Waals surface area contributed by atoms with Crippen LogP contribution in [0.4, 0.5) is 18.9 Å². The van der Waals surface area contributed by atoms with Gasteiger partial charge in [0, 0.05) is 17.8 Å².